The van der Waals surface area contributed by atoms with Gasteiger partial charge >= 0.3 is 0 Å². The van der Waals surface area contributed by atoms with Crippen molar-refractivity contribution in [3.8, 4) is 0 Å². The van der Waals surface area contributed by atoms with E-state index in [1.165, 1.54) is 6.42 Å². The van der Waals surface area contributed by atoms with E-state index in [2.05, 4.69) is 18.8 Å². The van der Waals surface area contributed by atoms with Crippen LogP contribution < -0.4 is 5.73 Å². The minimum absolute atomic E-state index is 0.125. The summed E-state index contributed by atoms with van der Waals surface area (Å²) in [6.07, 6.45) is 6.87. The first-order valence-electron chi connectivity index (χ1n) is 4.17. The molecule has 2 heteroatoms. The summed E-state index contributed by atoms with van der Waals surface area (Å²) in [4.78, 5) is 4.07. The molecule has 1 aliphatic rings. The largest absolute Gasteiger partial charge is 0.323 e. The highest BCUT2D eigenvalue weighted by Gasteiger charge is 2.07. The van der Waals surface area contributed by atoms with Gasteiger partial charge in [-0.3, -0.25) is 4.99 Å². The molecule has 0 aromatic carbocycles. The average Bonchev–Trinajstić information content (AvgIpc) is 1.97. The topological polar surface area (TPSA) is 38.4 Å². The smallest absolute Gasteiger partial charge is 0.0658 e. The molecular formula is C9H18N2. The Labute approximate surface area is 69.2 Å². The van der Waals surface area contributed by atoms with Crippen molar-refractivity contribution in [2.24, 2.45) is 10.7 Å². The van der Waals surface area contributed by atoms with Crippen LogP contribution in [0.25, 0.3) is 0 Å². The third kappa shape index (κ3) is 4.73. The average molecular weight is 154 g/mol. The van der Waals surface area contributed by atoms with Gasteiger partial charge in [0, 0.05) is 12.3 Å². The van der Waals surface area contributed by atoms with E-state index in [0.29, 0.717) is 0 Å². The van der Waals surface area contributed by atoms with Crippen molar-refractivity contribution in [2.45, 2.75) is 39.3 Å². The second kappa shape index (κ2) is 6.10. The Morgan fingerprint density at radius 3 is 2.27 bits per heavy atom. The maximum absolute atomic E-state index is 5.58. The van der Waals surface area contributed by atoms with E-state index >= 15 is 0 Å². The third-order valence-corrected chi connectivity index (χ3v) is 1.30. The highest BCUT2D eigenvalue weighted by molar-refractivity contribution is 5.72. The van der Waals surface area contributed by atoms with Crippen LogP contribution in [0, 0.1) is 0 Å². The summed E-state index contributed by atoms with van der Waals surface area (Å²) in [7, 11) is 0. The Balaban J connectivity index is 0.000000292. The Hall–Kier alpha value is -0.630. The second-order valence-corrected chi connectivity index (χ2v) is 2.71. The first kappa shape index (κ1) is 10.4. The van der Waals surface area contributed by atoms with Gasteiger partial charge in [-0.1, -0.05) is 26.3 Å². The molecular weight excluding hydrogens is 136 g/mol. The van der Waals surface area contributed by atoms with Crippen molar-refractivity contribution in [1.29, 1.82) is 0 Å². The van der Waals surface area contributed by atoms with Gasteiger partial charge in [-0.25, -0.2) is 0 Å². The van der Waals surface area contributed by atoms with Crippen molar-refractivity contribution in [3.63, 3.8) is 0 Å². The lowest BCUT2D eigenvalue weighted by molar-refractivity contribution is 0.650. The standard InChI is InChI=1S/C6H10N2.C3H8/c1-5-6(7)3-2-4-8-5;1-3-2/h2-6H,7H2,1H3;3H2,1-2H3/t5-,6?;/m0./s1. The highest BCUT2D eigenvalue weighted by atomic mass is 14.8. The molecule has 11 heavy (non-hydrogen) atoms. The lowest BCUT2D eigenvalue weighted by atomic mass is 10.1. The SMILES string of the molecule is CCC.C[C@@H]1N=CC=CC1N. The zero-order chi connectivity index (χ0) is 8.69. The first-order valence-corrected chi connectivity index (χ1v) is 4.17. The van der Waals surface area contributed by atoms with Crippen LogP contribution >= 0.6 is 0 Å². The quantitative estimate of drug-likeness (QED) is 0.567. The molecule has 1 unspecified atom stereocenters. The van der Waals surface area contributed by atoms with Crippen molar-refractivity contribution >= 4 is 6.21 Å². The molecule has 0 spiro atoms. The first-order chi connectivity index (χ1) is 5.22. The van der Waals surface area contributed by atoms with Gasteiger partial charge in [0.2, 0.25) is 0 Å². The molecule has 0 radical (unpaired) electrons. The zero-order valence-electron chi connectivity index (χ0n) is 7.62. The fourth-order valence-electron chi connectivity index (χ4n) is 0.624. The Bertz CT molecular complexity index is 122. The molecule has 2 nitrogen and oxygen atoms in total. The molecule has 2 atom stereocenters. The monoisotopic (exact) mass is 154 g/mol. The van der Waals surface area contributed by atoms with Crippen LogP contribution in [-0.2, 0) is 0 Å². The molecule has 1 rings (SSSR count). The number of aliphatic imine (C=N–C) groups is 1. The number of rotatable bonds is 0. The molecule has 64 valence electrons. The van der Waals surface area contributed by atoms with Crippen molar-refractivity contribution in [2.75, 3.05) is 0 Å². The van der Waals surface area contributed by atoms with Crippen LogP contribution in [-0.4, -0.2) is 18.3 Å². The van der Waals surface area contributed by atoms with E-state index in [0.717, 1.165) is 0 Å². The van der Waals surface area contributed by atoms with Crippen molar-refractivity contribution in [1.82, 2.24) is 0 Å². The number of allylic oxidation sites excluding steroid dienone is 1. The molecule has 2 N–H and O–H groups in total. The molecule has 0 amide bonds. The fraction of sp³-hybridized carbons (Fsp3) is 0.667. The predicted molar refractivity (Wildman–Crippen MR) is 51.0 cm³/mol. The Morgan fingerprint density at radius 2 is 2.00 bits per heavy atom. The number of hydrogen-bond donors (Lipinski definition) is 1. The molecule has 0 fully saturated rings. The minimum atomic E-state index is 0.125. The van der Waals surface area contributed by atoms with Crippen LogP contribution in [0.5, 0.6) is 0 Å². The molecule has 0 aromatic rings. The summed E-state index contributed by atoms with van der Waals surface area (Å²) < 4.78 is 0. The van der Waals surface area contributed by atoms with Crippen LogP contribution in [0.4, 0.5) is 0 Å². The predicted octanol–water partition coefficient (Wildman–Crippen LogP) is 1.76. The molecule has 0 saturated heterocycles. The van der Waals surface area contributed by atoms with E-state index in [9.17, 15) is 0 Å². The Kier molecular flexibility index (Phi) is 5.75. The number of hydrogen-bond acceptors (Lipinski definition) is 2. The minimum Gasteiger partial charge on any atom is -0.323 e. The van der Waals surface area contributed by atoms with Crippen LogP contribution in [0.1, 0.15) is 27.2 Å². The van der Waals surface area contributed by atoms with Crippen molar-refractivity contribution < 1.29 is 0 Å². The molecule has 0 saturated carbocycles. The second-order valence-electron chi connectivity index (χ2n) is 2.71. The lowest BCUT2D eigenvalue weighted by Gasteiger charge is -2.13. The maximum atomic E-state index is 5.58. The van der Waals surface area contributed by atoms with Crippen molar-refractivity contribution in [3.05, 3.63) is 12.2 Å². The summed E-state index contributed by atoms with van der Waals surface area (Å²) in [5.74, 6) is 0. The van der Waals surface area contributed by atoms with Gasteiger partial charge in [0.25, 0.3) is 0 Å². The molecule has 0 bridgehead atoms. The molecule has 1 aliphatic heterocycles. The normalized spacial score (nSPS) is 27.6. The lowest BCUT2D eigenvalue weighted by Crippen LogP contribution is -2.30. The van der Waals surface area contributed by atoms with Gasteiger partial charge in [-0.05, 0) is 13.0 Å². The van der Waals surface area contributed by atoms with E-state index in [-0.39, 0.29) is 12.1 Å². The van der Waals surface area contributed by atoms with Gasteiger partial charge in [-0.2, -0.15) is 0 Å². The molecule has 0 aromatic heterocycles. The van der Waals surface area contributed by atoms with Crippen LogP contribution in [0.3, 0.4) is 0 Å². The van der Waals surface area contributed by atoms with Gasteiger partial charge in [-0.15, -0.1) is 0 Å². The summed E-state index contributed by atoms with van der Waals surface area (Å²) >= 11 is 0. The molecule has 0 aliphatic carbocycles. The van der Waals surface area contributed by atoms with Gasteiger partial charge in [0.1, 0.15) is 0 Å². The van der Waals surface area contributed by atoms with Crippen LogP contribution in [0.15, 0.2) is 17.1 Å². The van der Waals surface area contributed by atoms with Crippen LogP contribution in [0.2, 0.25) is 0 Å². The number of nitrogens with two attached hydrogens (primary N) is 1. The van der Waals surface area contributed by atoms with Gasteiger partial charge < -0.3 is 5.73 Å². The highest BCUT2D eigenvalue weighted by Crippen LogP contribution is 1.99. The maximum Gasteiger partial charge on any atom is 0.0658 e. The van der Waals surface area contributed by atoms with E-state index in [1.54, 1.807) is 6.21 Å². The summed E-state index contributed by atoms with van der Waals surface area (Å²) in [6, 6.07) is 0.389. The van der Waals surface area contributed by atoms with Gasteiger partial charge in [0.15, 0.2) is 0 Å². The summed E-state index contributed by atoms with van der Waals surface area (Å²) in [5, 5.41) is 0. The number of dihydropyridines is 1. The van der Waals surface area contributed by atoms with E-state index < -0.39 is 0 Å². The number of nitrogens with zero attached hydrogens (tertiary/aromatic N) is 1. The molecule has 1 heterocycles. The summed E-state index contributed by atoms with van der Waals surface area (Å²) in [6.45, 7) is 6.25. The van der Waals surface area contributed by atoms with Gasteiger partial charge in [0.05, 0.1) is 6.04 Å². The van der Waals surface area contributed by atoms with E-state index in [4.69, 9.17) is 5.73 Å². The zero-order valence-corrected chi connectivity index (χ0v) is 7.62. The summed E-state index contributed by atoms with van der Waals surface area (Å²) in [5.41, 5.74) is 5.58. The third-order valence-electron chi connectivity index (χ3n) is 1.30. The fourth-order valence-corrected chi connectivity index (χ4v) is 0.624. The van der Waals surface area contributed by atoms with E-state index in [1.807, 2.05) is 19.1 Å². The Morgan fingerprint density at radius 1 is 1.45 bits per heavy atom.